The molecule has 1 aliphatic rings. The van der Waals surface area contributed by atoms with Crippen molar-refractivity contribution in [2.75, 3.05) is 26.2 Å². The number of likely N-dealkylation sites (tertiary alicyclic amines) is 1. The lowest BCUT2D eigenvalue weighted by molar-refractivity contribution is 0.313. The number of halogens is 1. The summed E-state index contributed by atoms with van der Waals surface area (Å²) >= 11 is 0. The minimum absolute atomic E-state index is 0.152. The van der Waals surface area contributed by atoms with Crippen LogP contribution in [0.1, 0.15) is 25.8 Å². The Kier molecular flexibility index (Phi) is 5.34. The minimum Gasteiger partial charge on any atom is -0.316 e. The summed E-state index contributed by atoms with van der Waals surface area (Å²) in [5.74, 6) is 1.33. The van der Waals surface area contributed by atoms with Crippen LogP contribution in [0, 0.1) is 17.7 Å². The Morgan fingerprint density at radius 3 is 2.74 bits per heavy atom. The van der Waals surface area contributed by atoms with Crippen LogP contribution in [-0.2, 0) is 6.54 Å². The fourth-order valence-electron chi connectivity index (χ4n) is 2.65. The van der Waals surface area contributed by atoms with Crippen molar-refractivity contribution in [3.05, 3.63) is 35.6 Å². The summed E-state index contributed by atoms with van der Waals surface area (Å²) in [5.41, 5.74) is 1.21. The van der Waals surface area contributed by atoms with Crippen LogP contribution in [-0.4, -0.2) is 31.1 Å². The third kappa shape index (κ3) is 4.92. The van der Waals surface area contributed by atoms with Crippen molar-refractivity contribution < 1.29 is 4.39 Å². The first-order chi connectivity index (χ1) is 9.13. The van der Waals surface area contributed by atoms with Gasteiger partial charge in [-0.25, -0.2) is 4.39 Å². The van der Waals surface area contributed by atoms with Crippen LogP contribution >= 0.6 is 0 Å². The van der Waals surface area contributed by atoms with Crippen molar-refractivity contribution >= 4 is 0 Å². The molecule has 2 nitrogen and oxygen atoms in total. The summed E-state index contributed by atoms with van der Waals surface area (Å²) in [6.07, 6.45) is 1.27. The minimum atomic E-state index is -0.152. The highest BCUT2D eigenvalue weighted by atomic mass is 19.1. The molecular formula is C16H25FN2. The molecule has 1 atom stereocenters. The zero-order chi connectivity index (χ0) is 13.7. The van der Waals surface area contributed by atoms with Crippen molar-refractivity contribution in [1.29, 1.82) is 0 Å². The second kappa shape index (κ2) is 7.01. The van der Waals surface area contributed by atoms with Crippen LogP contribution in [0.4, 0.5) is 4.39 Å². The van der Waals surface area contributed by atoms with Gasteiger partial charge in [0.25, 0.3) is 0 Å². The molecule has 1 aliphatic heterocycles. The molecule has 0 amide bonds. The molecule has 0 radical (unpaired) electrons. The third-order valence-electron chi connectivity index (χ3n) is 3.68. The van der Waals surface area contributed by atoms with Gasteiger partial charge in [0.1, 0.15) is 5.82 Å². The first-order valence-corrected chi connectivity index (χ1v) is 7.31. The van der Waals surface area contributed by atoms with Crippen LogP contribution in [0.5, 0.6) is 0 Å². The fraction of sp³-hybridized carbons (Fsp3) is 0.625. The first-order valence-electron chi connectivity index (χ1n) is 7.31. The number of nitrogens with one attached hydrogen (secondary N) is 1. The number of hydrogen-bond donors (Lipinski definition) is 1. The zero-order valence-electron chi connectivity index (χ0n) is 12.0. The summed E-state index contributed by atoms with van der Waals surface area (Å²) in [5, 5.41) is 3.54. The lowest BCUT2D eigenvalue weighted by Crippen LogP contribution is -2.28. The van der Waals surface area contributed by atoms with Gasteiger partial charge in [0.05, 0.1) is 0 Å². The summed E-state index contributed by atoms with van der Waals surface area (Å²) in [7, 11) is 0. The molecule has 0 bridgehead atoms. The number of nitrogens with zero attached hydrogens (tertiary/aromatic N) is 1. The molecule has 1 heterocycles. The summed E-state index contributed by atoms with van der Waals surface area (Å²) in [6, 6.07) is 6.87. The summed E-state index contributed by atoms with van der Waals surface area (Å²) < 4.78 is 12.8. The quantitative estimate of drug-likeness (QED) is 0.850. The Hall–Kier alpha value is -0.930. The van der Waals surface area contributed by atoms with Crippen LogP contribution in [0.2, 0.25) is 0 Å². The predicted octanol–water partition coefficient (Wildman–Crippen LogP) is 2.89. The van der Waals surface area contributed by atoms with Crippen molar-refractivity contribution in [3.8, 4) is 0 Å². The molecule has 1 N–H and O–H groups in total. The Bertz CT molecular complexity index is 375. The molecular weight excluding hydrogens is 239 g/mol. The van der Waals surface area contributed by atoms with Crippen molar-refractivity contribution in [3.63, 3.8) is 0 Å². The van der Waals surface area contributed by atoms with E-state index >= 15 is 0 Å². The van der Waals surface area contributed by atoms with Gasteiger partial charge in [-0.15, -0.1) is 0 Å². The van der Waals surface area contributed by atoms with Gasteiger partial charge in [0, 0.05) is 13.1 Å². The highest BCUT2D eigenvalue weighted by molar-refractivity contribution is 5.16. The first kappa shape index (κ1) is 14.5. The SMILES string of the molecule is CC(C)CNCC1CCN(Cc2ccc(F)cc2)C1. The zero-order valence-corrected chi connectivity index (χ0v) is 12.0. The van der Waals surface area contributed by atoms with Gasteiger partial charge in [-0.05, 0) is 55.6 Å². The molecule has 19 heavy (non-hydrogen) atoms. The Labute approximate surface area is 116 Å². The molecule has 1 fully saturated rings. The van der Waals surface area contributed by atoms with E-state index in [1.807, 2.05) is 12.1 Å². The average molecular weight is 264 g/mol. The van der Waals surface area contributed by atoms with Crippen molar-refractivity contribution in [2.45, 2.75) is 26.8 Å². The third-order valence-corrected chi connectivity index (χ3v) is 3.68. The molecule has 0 spiro atoms. The van der Waals surface area contributed by atoms with E-state index in [1.54, 1.807) is 12.1 Å². The Morgan fingerprint density at radius 2 is 2.05 bits per heavy atom. The maximum Gasteiger partial charge on any atom is 0.123 e. The second-order valence-electron chi connectivity index (χ2n) is 6.07. The average Bonchev–Trinajstić information content (AvgIpc) is 2.79. The maximum absolute atomic E-state index is 12.8. The number of hydrogen-bond acceptors (Lipinski definition) is 2. The van der Waals surface area contributed by atoms with E-state index in [2.05, 4.69) is 24.1 Å². The highest BCUT2D eigenvalue weighted by Crippen LogP contribution is 2.18. The largest absolute Gasteiger partial charge is 0.316 e. The van der Waals surface area contributed by atoms with E-state index in [9.17, 15) is 4.39 Å². The van der Waals surface area contributed by atoms with E-state index in [0.29, 0.717) is 0 Å². The maximum atomic E-state index is 12.8. The monoisotopic (exact) mass is 264 g/mol. The molecule has 3 heteroatoms. The molecule has 106 valence electrons. The topological polar surface area (TPSA) is 15.3 Å². The van der Waals surface area contributed by atoms with Crippen LogP contribution < -0.4 is 5.32 Å². The van der Waals surface area contributed by atoms with Gasteiger partial charge >= 0.3 is 0 Å². The summed E-state index contributed by atoms with van der Waals surface area (Å²) in [4.78, 5) is 2.47. The molecule has 1 saturated heterocycles. The van der Waals surface area contributed by atoms with E-state index in [-0.39, 0.29) is 5.82 Å². The van der Waals surface area contributed by atoms with E-state index in [1.165, 1.54) is 12.0 Å². The molecule has 1 aromatic carbocycles. The predicted molar refractivity (Wildman–Crippen MR) is 77.5 cm³/mol. The van der Waals surface area contributed by atoms with E-state index in [4.69, 9.17) is 0 Å². The van der Waals surface area contributed by atoms with Gasteiger partial charge < -0.3 is 5.32 Å². The molecule has 1 aromatic rings. The van der Waals surface area contributed by atoms with Gasteiger partial charge in [0.15, 0.2) is 0 Å². The normalized spacial score (nSPS) is 20.3. The smallest absolute Gasteiger partial charge is 0.123 e. The number of benzene rings is 1. The molecule has 0 aromatic heterocycles. The van der Waals surface area contributed by atoms with E-state index < -0.39 is 0 Å². The van der Waals surface area contributed by atoms with Crippen LogP contribution in [0.25, 0.3) is 0 Å². The standard InChI is InChI=1S/C16H25FN2/c1-13(2)9-18-10-15-7-8-19(12-15)11-14-3-5-16(17)6-4-14/h3-6,13,15,18H,7-12H2,1-2H3. The Morgan fingerprint density at radius 1 is 1.32 bits per heavy atom. The lowest BCUT2D eigenvalue weighted by atomic mass is 10.1. The second-order valence-corrected chi connectivity index (χ2v) is 6.07. The Balaban J connectivity index is 1.71. The van der Waals surface area contributed by atoms with Crippen molar-refractivity contribution in [2.24, 2.45) is 11.8 Å². The van der Waals surface area contributed by atoms with Gasteiger partial charge in [0.2, 0.25) is 0 Å². The van der Waals surface area contributed by atoms with Crippen LogP contribution in [0.15, 0.2) is 24.3 Å². The molecule has 2 rings (SSSR count). The highest BCUT2D eigenvalue weighted by Gasteiger charge is 2.21. The van der Waals surface area contributed by atoms with Crippen molar-refractivity contribution in [1.82, 2.24) is 10.2 Å². The molecule has 0 saturated carbocycles. The van der Waals surface area contributed by atoms with Gasteiger partial charge in [-0.2, -0.15) is 0 Å². The fourth-order valence-corrected chi connectivity index (χ4v) is 2.65. The van der Waals surface area contributed by atoms with E-state index in [0.717, 1.165) is 44.6 Å². The molecule has 1 unspecified atom stereocenters. The van der Waals surface area contributed by atoms with Gasteiger partial charge in [-0.1, -0.05) is 26.0 Å². The molecule has 0 aliphatic carbocycles. The number of rotatable bonds is 6. The van der Waals surface area contributed by atoms with Gasteiger partial charge in [-0.3, -0.25) is 4.90 Å². The summed E-state index contributed by atoms with van der Waals surface area (Å²) in [6.45, 7) is 9.96. The van der Waals surface area contributed by atoms with Crippen LogP contribution in [0.3, 0.4) is 0 Å². The lowest BCUT2D eigenvalue weighted by Gasteiger charge is -2.17.